The smallest absolute Gasteiger partial charge is 0.246 e. The van der Waals surface area contributed by atoms with Crippen molar-refractivity contribution in [1.82, 2.24) is 5.32 Å². The SMILES string of the molecule is CC(C)OCC(=O)NC(C(N)=NO)C(C)C. The van der Waals surface area contributed by atoms with Crippen LogP contribution < -0.4 is 11.1 Å². The van der Waals surface area contributed by atoms with Crippen molar-refractivity contribution in [2.75, 3.05) is 6.61 Å². The summed E-state index contributed by atoms with van der Waals surface area (Å²) in [6.07, 6.45) is -0.00731. The number of nitrogens with two attached hydrogens (primary N) is 1. The third-order valence-corrected chi connectivity index (χ3v) is 1.97. The maximum Gasteiger partial charge on any atom is 0.246 e. The normalized spacial score (nSPS) is 14.2. The zero-order valence-corrected chi connectivity index (χ0v) is 10.2. The number of amides is 1. The molecule has 0 spiro atoms. The Balaban J connectivity index is 4.25. The number of rotatable bonds is 6. The summed E-state index contributed by atoms with van der Waals surface area (Å²) in [5.74, 6) is -0.245. The van der Waals surface area contributed by atoms with E-state index in [1.165, 1.54) is 0 Å². The van der Waals surface area contributed by atoms with Crippen LogP contribution in [0.5, 0.6) is 0 Å². The van der Waals surface area contributed by atoms with E-state index in [-0.39, 0.29) is 30.4 Å². The summed E-state index contributed by atoms with van der Waals surface area (Å²) < 4.78 is 5.14. The van der Waals surface area contributed by atoms with Crippen LogP contribution in [-0.2, 0) is 9.53 Å². The van der Waals surface area contributed by atoms with Gasteiger partial charge in [-0.15, -0.1) is 0 Å². The number of hydrogen-bond donors (Lipinski definition) is 3. The largest absolute Gasteiger partial charge is 0.409 e. The van der Waals surface area contributed by atoms with Gasteiger partial charge in [0.1, 0.15) is 6.61 Å². The van der Waals surface area contributed by atoms with E-state index in [9.17, 15) is 4.79 Å². The number of hydrogen-bond acceptors (Lipinski definition) is 4. The summed E-state index contributed by atoms with van der Waals surface area (Å²) in [4.78, 5) is 11.5. The number of carbonyl (C=O) groups is 1. The Morgan fingerprint density at radius 1 is 1.44 bits per heavy atom. The molecule has 0 aromatic carbocycles. The predicted octanol–water partition coefficient (Wildman–Crippen LogP) is 0.299. The maximum atomic E-state index is 11.5. The van der Waals surface area contributed by atoms with Gasteiger partial charge in [-0.3, -0.25) is 4.79 Å². The highest BCUT2D eigenvalue weighted by Crippen LogP contribution is 2.01. The average molecular weight is 231 g/mol. The molecule has 0 heterocycles. The van der Waals surface area contributed by atoms with Crippen LogP contribution in [0.15, 0.2) is 5.16 Å². The Hall–Kier alpha value is -1.30. The molecule has 0 aliphatic rings. The van der Waals surface area contributed by atoms with E-state index in [1.54, 1.807) is 0 Å². The first-order valence-corrected chi connectivity index (χ1v) is 5.26. The highest BCUT2D eigenvalue weighted by molar-refractivity contribution is 5.90. The molecule has 1 unspecified atom stereocenters. The van der Waals surface area contributed by atoms with Crippen LogP contribution in [0.25, 0.3) is 0 Å². The highest BCUT2D eigenvalue weighted by Gasteiger charge is 2.20. The van der Waals surface area contributed by atoms with Gasteiger partial charge in [0.2, 0.25) is 5.91 Å². The summed E-state index contributed by atoms with van der Waals surface area (Å²) in [5.41, 5.74) is 5.47. The van der Waals surface area contributed by atoms with Crippen molar-refractivity contribution in [3.05, 3.63) is 0 Å². The van der Waals surface area contributed by atoms with Crippen molar-refractivity contribution in [3.63, 3.8) is 0 Å². The summed E-state index contributed by atoms with van der Waals surface area (Å²) in [6, 6.07) is -0.478. The fourth-order valence-electron chi connectivity index (χ4n) is 1.10. The number of nitrogens with one attached hydrogen (secondary N) is 1. The van der Waals surface area contributed by atoms with Crippen molar-refractivity contribution >= 4 is 11.7 Å². The van der Waals surface area contributed by atoms with E-state index in [1.807, 2.05) is 27.7 Å². The lowest BCUT2D eigenvalue weighted by Crippen LogP contribution is -2.49. The van der Waals surface area contributed by atoms with Crippen LogP contribution >= 0.6 is 0 Å². The lowest BCUT2D eigenvalue weighted by molar-refractivity contribution is -0.127. The van der Waals surface area contributed by atoms with E-state index in [4.69, 9.17) is 15.7 Å². The van der Waals surface area contributed by atoms with E-state index in [0.717, 1.165) is 0 Å². The van der Waals surface area contributed by atoms with Crippen molar-refractivity contribution in [2.45, 2.75) is 39.8 Å². The molecule has 6 nitrogen and oxygen atoms in total. The second-order valence-electron chi connectivity index (χ2n) is 4.17. The van der Waals surface area contributed by atoms with Gasteiger partial charge in [0.05, 0.1) is 12.1 Å². The van der Waals surface area contributed by atoms with E-state index in [2.05, 4.69) is 10.5 Å². The minimum Gasteiger partial charge on any atom is -0.409 e. The van der Waals surface area contributed by atoms with Crippen molar-refractivity contribution < 1.29 is 14.7 Å². The van der Waals surface area contributed by atoms with Gasteiger partial charge in [-0.05, 0) is 19.8 Å². The van der Waals surface area contributed by atoms with Gasteiger partial charge in [0.25, 0.3) is 0 Å². The average Bonchev–Trinajstić information content (AvgIpc) is 2.21. The Kier molecular flexibility index (Phi) is 6.48. The lowest BCUT2D eigenvalue weighted by Gasteiger charge is -2.21. The highest BCUT2D eigenvalue weighted by atomic mass is 16.5. The van der Waals surface area contributed by atoms with Crippen LogP contribution in [0.1, 0.15) is 27.7 Å². The van der Waals surface area contributed by atoms with Gasteiger partial charge in [-0.25, -0.2) is 0 Å². The summed E-state index contributed by atoms with van der Waals surface area (Å²) in [5, 5.41) is 14.1. The first-order valence-electron chi connectivity index (χ1n) is 5.26. The molecule has 4 N–H and O–H groups in total. The lowest BCUT2D eigenvalue weighted by atomic mass is 10.0. The number of oxime groups is 1. The van der Waals surface area contributed by atoms with Crippen molar-refractivity contribution in [3.8, 4) is 0 Å². The Morgan fingerprint density at radius 3 is 2.38 bits per heavy atom. The number of carbonyl (C=O) groups excluding carboxylic acids is 1. The molecule has 0 aliphatic heterocycles. The molecular weight excluding hydrogens is 210 g/mol. The second kappa shape index (κ2) is 7.05. The maximum absolute atomic E-state index is 11.5. The molecule has 0 rings (SSSR count). The molecule has 1 amide bonds. The molecule has 0 radical (unpaired) electrons. The molecule has 0 bridgehead atoms. The molecule has 0 aromatic rings. The fourth-order valence-corrected chi connectivity index (χ4v) is 1.10. The van der Waals surface area contributed by atoms with Crippen LogP contribution in [0.2, 0.25) is 0 Å². The molecule has 0 fully saturated rings. The first kappa shape index (κ1) is 14.7. The fraction of sp³-hybridized carbons (Fsp3) is 0.800. The number of nitrogens with zero attached hydrogens (tertiary/aromatic N) is 1. The van der Waals surface area contributed by atoms with Crippen LogP contribution in [0, 0.1) is 5.92 Å². The molecular formula is C10H21N3O3. The predicted molar refractivity (Wildman–Crippen MR) is 61.3 cm³/mol. The minimum atomic E-state index is -0.478. The number of ether oxygens (including phenoxy) is 1. The Morgan fingerprint density at radius 2 is 2.00 bits per heavy atom. The summed E-state index contributed by atoms with van der Waals surface area (Å²) in [7, 11) is 0. The summed E-state index contributed by atoms with van der Waals surface area (Å²) in [6.45, 7) is 7.39. The Labute approximate surface area is 95.8 Å². The van der Waals surface area contributed by atoms with Gasteiger partial charge >= 0.3 is 0 Å². The monoisotopic (exact) mass is 231 g/mol. The number of amidine groups is 1. The van der Waals surface area contributed by atoms with Crippen LogP contribution in [0.4, 0.5) is 0 Å². The van der Waals surface area contributed by atoms with Gasteiger partial charge in [-0.2, -0.15) is 0 Å². The second-order valence-corrected chi connectivity index (χ2v) is 4.17. The minimum absolute atomic E-state index is 0.00658. The van der Waals surface area contributed by atoms with Gasteiger partial charge in [0, 0.05) is 0 Å². The standard InChI is InChI=1S/C10H21N3O3/c1-6(2)9(10(11)13-15)12-8(14)5-16-7(3)4/h6-7,9,15H,5H2,1-4H3,(H2,11,13)(H,12,14). The molecule has 0 aliphatic carbocycles. The van der Waals surface area contributed by atoms with Gasteiger partial charge < -0.3 is 21.0 Å². The molecule has 94 valence electrons. The molecule has 0 aromatic heterocycles. The third kappa shape index (κ3) is 5.55. The van der Waals surface area contributed by atoms with Crippen LogP contribution in [-0.4, -0.2) is 35.7 Å². The van der Waals surface area contributed by atoms with Gasteiger partial charge in [0.15, 0.2) is 5.84 Å². The quantitative estimate of drug-likeness (QED) is 0.265. The van der Waals surface area contributed by atoms with Crippen molar-refractivity contribution in [1.29, 1.82) is 0 Å². The van der Waals surface area contributed by atoms with Crippen LogP contribution in [0.3, 0.4) is 0 Å². The van der Waals surface area contributed by atoms with Crippen molar-refractivity contribution in [2.24, 2.45) is 16.8 Å². The molecule has 0 saturated heterocycles. The Bertz CT molecular complexity index is 252. The first-order chi connectivity index (χ1) is 7.38. The molecule has 6 heteroatoms. The molecule has 16 heavy (non-hydrogen) atoms. The van der Waals surface area contributed by atoms with Gasteiger partial charge in [-0.1, -0.05) is 19.0 Å². The topological polar surface area (TPSA) is 96.9 Å². The van der Waals surface area contributed by atoms with E-state index >= 15 is 0 Å². The van der Waals surface area contributed by atoms with E-state index < -0.39 is 6.04 Å². The molecule has 1 atom stereocenters. The summed E-state index contributed by atoms with van der Waals surface area (Å²) >= 11 is 0. The van der Waals surface area contributed by atoms with E-state index in [0.29, 0.717) is 0 Å². The zero-order chi connectivity index (χ0) is 12.7. The third-order valence-electron chi connectivity index (χ3n) is 1.97. The zero-order valence-electron chi connectivity index (χ0n) is 10.2. The molecule has 0 saturated carbocycles.